The Morgan fingerprint density at radius 1 is 1.12 bits per heavy atom. The summed E-state index contributed by atoms with van der Waals surface area (Å²) in [5.74, 6) is -0.427. The number of rotatable bonds is 3. The van der Waals surface area contributed by atoms with Gasteiger partial charge >= 0.3 is 12.0 Å². The zero-order valence-corrected chi connectivity index (χ0v) is 15.8. The molecular formula is C17H16Cl2N2O3S. The van der Waals surface area contributed by atoms with Crippen molar-refractivity contribution in [3.63, 3.8) is 0 Å². The zero-order chi connectivity index (χ0) is 18.0. The highest BCUT2D eigenvalue weighted by atomic mass is 35.5. The Morgan fingerprint density at radius 3 is 2.60 bits per heavy atom. The summed E-state index contributed by atoms with van der Waals surface area (Å²) in [4.78, 5) is 25.6. The van der Waals surface area contributed by atoms with Gasteiger partial charge in [-0.1, -0.05) is 23.2 Å². The highest BCUT2D eigenvalue weighted by molar-refractivity contribution is 7.17. The van der Waals surface area contributed by atoms with Crippen molar-refractivity contribution in [2.75, 3.05) is 17.7 Å². The van der Waals surface area contributed by atoms with E-state index in [9.17, 15) is 9.59 Å². The first-order valence-corrected chi connectivity index (χ1v) is 9.32. The summed E-state index contributed by atoms with van der Waals surface area (Å²) in [5, 5.41) is 6.71. The molecule has 2 amide bonds. The molecule has 1 aromatic carbocycles. The van der Waals surface area contributed by atoms with Gasteiger partial charge < -0.3 is 10.1 Å². The van der Waals surface area contributed by atoms with Crippen molar-refractivity contribution in [3.05, 3.63) is 44.2 Å². The molecule has 8 heteroatoms. The maximum absolute atomic E-state index is 12.3. The van der Waals surface area contributed by atoms with E-state index in [4.69, 9.17) is 27.9 Å². The quantitative estimate of drug-likeness (QED) is 0.683. The van der Waals surface area contributed by atoms with E-state index in [0.717, 1.165) is 36.1 Å². The number of anilines is 2. The molecule has 0 fully saturated rings. The van der Waals surface area contributed by atoms with Crippen molar-refractivity contribution in [1.82, 2.24) is 0 Å². The molecule has 1 aliphatic carbocycles. The number of fused-ring (bicyclic) bond motifs is 1. The lowest BCUT2D eigenvalue weighted by atomic mass is 9.95. The van der Waals surface area contributed by atoms with E-state index in [-0.39, 0.29) is 0 Å². The maximum atomic E-state index is 12.3. The minimum atomic E-state index is -0.456. The number of methoxy groups -OCH3 is 1. The van der Waals surface area contributed by atoms with Crippen LogP contribution in [0.3, 0.4) is 0 Å². The third-order valence-corrected chi connectivity index (χ3v) is 5.91. The molecule has 5 nitrogen and oxygen atoms in total. The highest BCUT2D eigenvalue weighted by Gasteiger charge is 2.26. The average Bonchev–Trinajstić information content (AvgIpc) is 2.95. The molecule has 2 aromatic rings. The number of halogens is 2. The number of aryl methyl sites for hydroxylation is 1. The van der Waals surface area contributed by atoms with Crippen molar-refractivity contribution in [3.8, 4) is 0 Å². The minimum absolute atomic E-state index is 0.348. The summed E-state index contributed by atoms with van der Waals surface area (Å²) in [7, 11) is 1.34. The third-order valence-electron chi connectivity index (χ3n) is 3.97. The molecule has 1 aliphatic rings. The molecule has 0 spiro atoms. The topological polar surface area (TPSA) is 67.4 Å². The van der Waals surface area contributed by atoms with Gasteiger partial charge in [-0.25, -0.2) is 9.59 Å². The lowest BCUT2D eigenvalue weighted by Gasteiger charge is -2.12. The number of thiophene rings is 1. The van der Waals surface area contributed by atoms with Gasteiger partial charge in [0.1, 0.15) is 5.00 Å². The van der Waals surface area contributed by atoms with Crippen LogP contribution >= 0.6 is 34.5 Å². The van der Waals surface area contributed by atoms with Gasteiger partial charge in [0, 0.05) is 10.6 Å². The molecule has 132 valence electrons. The predicted molar refractivity (Wildman–Crippen MR) is 101 cm³/mol. The Morgan fingerprint density at radius 2 is 1.88 bits per heavy atom. The second-order valence-corrected chi connectivity index (χ2v) is 7.53. The molecule has 0 aliphatic heterocycles. The number of esters is 1. The SMILES string of the molecule is COC(=O)c1c(NC(=O)Nc2ccc(Cl)c(Cl)c2)sc2c1CCCC2. The standard InChI is InChI=1S/C17H16Cl2N2O3S/c1-24-16(22)14-10-4-2-3-5-13(10)25-15(14)21-17(23)20-9-6-7-11(18)12(19)8-9/h6-8H,2-5H2,1H3,(H2,20,21,23). The van der Waals surface area contributed by atoms with Gasteiger partial charge in [0.2, 0.25) is 0 Å². The van der Waals surface area contributed by atoms with Crippen LogP contribution in [0.15, 0.2) is 18.2 Å². The highest BCUT2D eigenvalue weighted by Crippen LogP contribution is 2.38. The summed E-state index contributed by atoms with van der Waals surface area (Å²) in [6.07, 6.45) is 3.86. The van der Waals surface area contributed by atoms with E-state index < -0.39 is 12.0 Å². The number of carbonyl (C=O) groups excluding carboxylic acids is 2. The van der Waals surface area contributed by atoms with Gasteiger partial charge in [-0.15, -0.1) is 11.3 Å². The molecule has 0 saturated heterocycles. The van der Waals surface area contributed by atoms with Crippen LogP contribution in [0.1, 0.15) is 33.6 Å². The van der Waals surface area contributed by atoms with Gasteiger partial charge in [-0.3, -0.25) is 5.32 Å². The summed E-state index contributed by atoms with van der Waals surface area (Å²) >= 11 is 13.2. The first-order valence-electron chi connectivity index (χ1n) is 7.75. The fourth-order valence-electron chi connectivity index (χ4n) is 2.81. The molecule has 1 aromatic heterocycles. The van der Waals surface area contributed by atoms with Crippen LogP contribution in [-0.4, -0.2) is 19.1 Å². The van der Waals surface area contributed by atoms with E-state index in [0.29, 0.717) is 26.3 Å². The van der Waals surface area contributed by atoms with Crippen LogP contribution in [0.25, 0.3) is 0 Å². The third kappa shape index (κ3) is 3.92. The van der Waals surface area contributed by atoms with Gasteiger partial charge in [-0.05, 0) is 49.4 Å². The second kappa shape index (κ2) is 7.64. The normalized spacial score (nSPS) is 13.1. The Bertz CT molecular complexity index is 836. The Kier molecular flexibility index (Phi) is 5.51. The Labute approximate surface area is 159 Å². The summed E-state index contributed by atoms with van der Waals surface area (Å²) in [5.41, 5.74) is 1.97. The first-order chi connectivity index (χ1) is 12.0. The van der Waals surface area contributed by atoms with Crippen molar-refractivity contribution in [2.24, 2.45) is 0 Å². The van der Waals surface area contributed by atoms with Gasteiger partial charge in [0.05, 0.1) is 22.7 Å². The van der Waals surface area contributed by atoms with Gasteiger partial charge in [0.15, 0.2) is 0 Å². The Balaban J connectivity index is 1.82. The monoisotopic (exact) mass is 398 g/mol. The molecule has 0 bridgehead atoms. The molecule has 1 heterocycles. The number of hydrogen-bond acceptors (Lipinski definition) is 4. The molecule has 0 saturated carbocycles. The summed E-state index contributed by atoms with van der Waals surface area (Å²) < 4.78 is 4.89. The fraction of sp³-hybridized carbons (Fsp3) is 0.294. The summed E-state index contributed by atoms with van der Waals surface area (Å²) in [6.45, 7) is 0. The van der Waals surface area contributed by atoms with Gasteiger partial charge in [0.25, 0.3) is 0 Å². The van der Waals surface area contributed by atoms with Crippen LogP contribution in [0.2, 0.25) is 10.0 Å². The van der Waals surface area contributed by atoms with Crippen LogP contribution in [0.4, 0.5) is 15.5 Å². The number of urea groups is 1. The van der Waals surface area contributed by atoms with E-state index in [1.165, 1.54) is 18.4 Å². The molecule has 2 N–H and O–H groups in total. The largest absolute Gasteiger partial charge is 0.465 e. The molecule has 0 atom stereocenters. The van der Waals surface area contributed by atoms with Crippen molar-refractivity contribution in [1.29, 1.82) is 0 Å². The molecule has 0 unspecified atom stereocenters. The number of benzene rings is 1. The van der Waals surface area contributed by atoms with Crippen LogP contribution in [0.5, 0.6) is 0 Å². The second-order valence-electron chi connectivity index (χ2n) is 5.61. The molecule has 0 radical (unpaired) electrons. The Hall–Kier alpha value is -1.76. The predicted octanol–water partition coefficient (Wildman–Crippen LogP) is 5.36. The molecular weight excluding hydrogens is 383 g/mol. The number of ether oxygens (including phenoxy) is 1. The first kappa shape index (κ1) is 18.0. The van der Waals surface area contributed by atoms with Crippen LogP contribution in [-0.2, 0) is 17.6 Å². The van der Waals surface area contributed by atoms with E-state index in [1.54, 1.807) is 18.2 Å². The van der Waals surface area contributed by atoms with Crippen molar-refractivity contribution in [2.45, 2.75) is 25.7 Å². The minimum Gasteiger partial charge on any atom is -0.465 e. The van der Waals surface area contributed by atoms with Crippen LogP contribution < -0.4 is 10.6 Å². The lowest BCUT2D eigenvalue weighted by Crippen LogP contribution is -2.20. The van der Waals surface area contributed by atoms with Crippen molar-refractivity contribution >= 4 is 57.2 Å². The summed E-state index contributed by atoms with van der Waals surface area (Å²) in [6, 6.07) is 4.35. The van der Waals surface area contributed by atoms with Gasteiger partial charge in [-0.2, -0.15) is 0 Å². The number of hydrogen-bond donors (Lipinski definition) is 2. The number of carbonyl (C=O) groups is 2. The zero-order valence-electron chi connectivity index (χ0n) is 13.4. The fourth-order valence-corrected chi connectivity index (χ4v) is 4.38. The van der Waals surface area contributed by atoms with Crippen LogP contribution in [0, 0.1) is 0 Å². The smallest absolute Gasteiger partial charge is 0.341 e. The number of amides is 2. The lowest BCUT2D eigenvalue weighted by molar-refractivity contribution is 0.0601. The van der Waals surface area contributed by atoms with E-state index in [1.807, 2.05) is 0 Å². The van der Waals surface area contributed by atoms with Crippen molar-refractivity contribution < 1.29 is 14.3 Å². The average molecular weight is 399 g/mol. The van der Waals surface area contributed by atoms with E-state index in [2.05, 4.69) is 10.6 Å². The maximum Gasteiger partial charge on any atom is 0.341 e. The van der Waals surface area contributed by atoms with E-state index >= 15 is 0 Å². The number of nitrogens with one attached hydrogen (secondary N) is 2. The molecule has 3 rings (SSSR count). The molecule has 25 heavy (non-hydrogen) atoms.